The van der Waals surface area contributed by atoms with Crippen LogP contribution in [-0.2, 0) is 9.53 Å². The Hall–Kier alpha value is -0.640. The van der Waals surface area contributed by atoms with Gasteiger partial charge in [-0.3, -0.25) is 4.79 Å². The average Bonchev–Trinajstić information content (AvgIpc) is 2.59. The largest absolute Gasteiger partial charge is 0.465 e. The molecule has 1 aliphatic carbocycles. The lowest BCUT2D eigenvalue weighted by molar-refractivity contribution is -0.141. The second-order valence-electron chi connectivity index (χ2n) is 2.90. The molecule has 11 heavy (non-hydrogen) atoms. The van der Waals surface area contributed by atoms with Crippen LogP contribution in [0.5, 0.6) is 0 Å². The molecule has 1 saturated carbocycles. The number of carbonyl (C=O) groups excluding carboxylic acids is 1. The van der Waals surface area contributed by atoms with Crippen molar-refractivity contribution in [1.82, 2.24) is 0 Å². The van der Waals surface area contributed by atoms with Gasteiger partial charge in [0.2, 0.25) is 0 Å². The third kappa shape index (κ3) is 1.89. The van der Waals surface area contributed by atoms with Crippen molar-refractivity contribution in [1.29, 1.82) is 0 Å². The highest BCUT2D eigenvalue weighted by Gasteiger charge is 2.55. The number of aliphatic hydroxyl groups excluding tert-OH is 1. The van der Waals surface area contributed by atoms with Crippen LogP contribution in [-0.4, -0.2) is 30.0 Å². The number of hydrogen-bond acceptors (Lipinski definition) is 3. The third-order valence-corrected chi connectivity index (χ3v) is 1.91. The highest BCUT2D eigenvalue weighted by atomic mass is 19.1. The van der Waals surface area contributed by atoms with Crippen LogP contribution in [0.15, 0.2) is 0 Å². The lowest BCUT2D eigenvalue weighted by Crippen LogP contribution is -2.14. The molecule has 0 spiro atoms. The summed E-state index contributed by atoms with van der Waals surface area (Å²) in [7, 11) is 0. The predicted molar refractivity (Wildman–Crippen MR) is 35.7 cm³/mol. The molecule has 0 radical (unpaired) electrons. The van der Waals surface area contributed by atoms with Crippen molar-refractivity contribution in [3.8, 4) is 0 Å². The van der Waals surface area contributed by atoms with Crippen LogP contribution < -0.4 is 0 Å². The SMILES string of the molecule is CC(=O)OC[C@H]1C[C@]1(F)CO. The molecule has 1 aliphatic rings. The van der Waals surface area contributed by atoms with E-state index in [0.29, 0.717) is 6.42 Å². The van der Waals surface area contributed by atoms with Crippen molar-refractivity contribution in [3.05, 3.63) is 0 Å². The first kappa shape index (κ1) is 8.46. The van der Waals surface area contributed by atoms with Gasteiger partial charge >= 0.3 is 5.97 Å². The van der Waals surface area contributed by atoms with Gasteiger partial charge in [0.25, 0.3) is 0 Å². The van der Waals surface area contributed by atoms with Crippen LogP contribution in [0.3, 0.4) is 0 Å². The molecule has 0 heterocycles. The molecule has 0 unspecified atom stereocenters. The van der Waals surface area contributed by atoms with E-state index in [2.05, 4.69) is 4.74 Å². The van der Waals surface area contributed by atoms with Crippen molar-refractivity contribution in [2.24, 2.45) is 5.92 Å². The zero-order valence-corrected chi connectivity index (χ0v) is 6.34. The molecule has 1 N–H and O–H groups in total. The van der Waals surface area contributed by atoms with Crippen LogP contribution in [0, 0.1) is 5.92 Å². The standard InChI is InChI=1S/C7H11FO3/c1-5(10)11-3-6-2-7(6,8)4-9/h6,9H,2-4H2,1H3/t6-,7+/m1/s1. The van der Waals surface area contributed by atoms with Crippen molar-refractivity contribution >= 4 is 5.97 Å². The predicted octanol–water partition coefficient (Wildman–Crippen LogP) is 0.270. The summed E-state index contributed by atoms with van der Waals surface area (Å²) in [5.74, 6) is -0.700. The van der Waals surface area contributed by atoms with Crippen molar-refractivity contribution < 1.29 is 19.0 Å². The van der Waals surface area contributed by atoms with Gasteiger partial charge in [-0.1, -0.05) is 0 Å². The average molecular weight is 162 g/mol. The van der Waals surface area contributed by atoms with Gasteiger partial charge in [-0.25, -0.2) is 4.39 Å². The molecule has 64 valence electrons. The van der Waals surface area contributed by atoms with Crippen LogP contribution in [0.1, 0.15) is 13.3 Å². The van der Waals surface area contributed by atoms with Gasteiger partial charge in [0.05, 0.1) is 13.2 Å². The molecule has 0 aliphatic heterocycles. The van der Waals surface area contributed by atoms with E-state index >= 15 is 0 Å². The molecule has 1 rings (SSSR count). The van der Waals surface area contributed by atoms with Gasteiger partial charge in [-0.2, -0.15) is 0 Å². The lowest BCUT2D eigenvalue weighted by Gasteiger charge is -2.02. The first-order valence-corrected chi connectivity index (χ1v) is 3.51. The fourth-order valence-electron chi connectivity index (χ4n) is 0.971. The molecule has 0 aromatic carbocycles. The van der Waals surface area contributed by atoms with E-state index in [9.17, 15) is 9.18 Å². The highest BCUT2D eigenvalue weighted by molar-refractivity contribution is 5.65. The fourth-order valence-corrected chi connectivity index (χ4v) is 0.971. The quantitative estimate of drug-likeness (QED) is 0.606. The van der Waals surface area contributed by atoms with Crippen molar-refractivity contribution in [3.63, 3.8) is 0 Å². The Kier molecular flexibility index (Phi) is 2.13. The van der Waals surface area contributed by atoms with Crippen LogP contribution in [0.2, 0.25) is 0 Å². The first-order chi connectivity index (χ1) is 5.08. The number of rotatable bonds is 3. The number of esters is 1. The molecule has 4 heteroatoms. The Bertz CT molecular complexity index is 171. The topological polar surface area (TPSA) is 46.5 Å². The summed E-state index contributed by atoms with van der Waals surface area (Å²) in [5.41, 5.74) is -1.48. The number of alkyl halides is 1. The zero-order chi connectivity index (χ0) is 8.48. The molecule has 2 atom stereocenters. The second-order valence-corrected chi connectivity index (χ2v) is 2.90. The minimum absolute atomic E-state index is 0.0897. The molecular weight excluding hydrogens is 151 g/mol. The maximum atomic E-state index is 12.9. The number of halogens is 1. The fraction of sp³-hybridized carbons (Fsp3) is 0.857. The van der Waals surface area contributed by atoms with E-state index in [0.717, 1.165) is 0 Å². The van der Waals surface area contributed by atoms with Crippen molar-refractivity contribution in [2.75, 3.05) is 13.2 Å². The zero-order valence-electron chi connectivity index (χ0n) is 6.34. The number of ether oxygens (including phenoxy) is 1. The Labute approximate surface area is 64.2 Å². The van der Waals surface area contributed by atoms with Gasteiger partial charge < -0.3 is 9.84 Å². The van der Waals surface area contributed by atoms with Gasteiger partial charge in [-0.15, -0.1) is 0 Å². The van der Waals surface area contributed by atoms with Gasteiger partial charge in [-0.05, 0) is 6.42 Å². The summed E-state index contributed by atoms with van der Waals surface area (Å²) in [4.78, 5) is 10.3. The summed E-state index contributed by atoms with van der Waals surface area (Å²) < 4.78 is 17.5. The summed E-state index contributed by atoms with van der Waals surface area (Å²) in [6, 6.07) is 0. The molecule has 0 aromatic heterocycles. The van der Waals surface area contributed by atoms with Gasteiger partial charge in [0, 0.05) is 12.8 Å². The first-order valence-electron chi connectivity index (χ1n) is 3.51. The number of carbonyl (C=O) groups is 1. The van der Waals surface area contributed by atoms with Crippen LogP contribution >= 0.6 is 0 Å². The second kappa shape index (κ2) is 2.77. The van der Waals surface area contributed by atoms with Crippen molar-refractivity contribution in [2.45, 2.75) is 19.0 Å². The van der Waals surface area contributed by atoms with Crippen LogP contribution in [0.4, 0.5) is 4.39 Å². The maximum absolute atomic E-state index is 12.9. The minimum Gasteiger partial charge on any atom is -0.465 e. The normalized spacial score (nSPS) is 35.0. The van der Waals surface area contributed by atoms with E-state index in [4.69, 9.17) is 5.11 Å². The Morgan fingerprint density at radius 3 is 2.91 bits per heavy atom. The van der Waals surface area contributed by atoms with Crippen LogP contribution in [0.25, 0.3) is 0 Å². The summed E-state index contributed by atoms with van der Waals surface area (Å²) >= 11 is 0. The Morgan fingerprint density at radius 1 is 1.91 bits per heavy atom. The summed E-state index contributed by atoms with van der Waals surface area (Å²) in [5, 5.41) is 8.49. The molecular formula is C7H11FO3. The Morgan fingerprint density at radius 2 is 2.55 bits per heavy atom. The lowest BCUT2D eigenvalue weighted by atomic mass is 10.3. The molecule has 0 saturated heterocycles. The van der Waals surface area contributed by atoms with E-state index in [1.807, 2.05) is 0 Å². The smallest absolute Gasteiger partial charge is 0.302 e. The molecule has 0 amide bonds. The molecule has 0 aromatic rings. The minimum atomic E-state index is -1.48. The molecule has 1 fully saturated rings. The van der Waals surface area contributed by atoms with E-state index in [-0.39, 0.29) is 12.5 Å². The number of hydrogen-bond donors (Lipinski definition) is 1. The third-order valence-electron chi connectivity index (χ3n) is 1.91. The highest BCUT2D eigenvalue weighted by Crippen LogP contribution is 2.46. The van der Waals surface area contributed by atoms with E-state index in [1.165, 1.54) is 6.92 Å². The van der Waals surface area contributed by atoms with E-state index in [1.54, 1.807) is 0 Å². The number of aliphatic hydroxyl groups is 1. The maximum Gasteiger partial charge on any atom is 0.302 e. The van der Waals surface area contributed by atoms with Gasteiger partial charge in [0.1, 0.15) is 5.67 Å². The summed E-state index contributed by atoms with van der Waals surface area (Å²) in [6.07, 6.45) is 0.302. The van der Waals surface area contributed by atoms with Gasteiger partial charge in [0.15, 0.2) is 0 Å². The monoisotopic (exact) mass is 162 g/mol. The Balaban J connectivity index is 2.18. The molecule has 3 nitrogen and oxygen atoms in total. The summed E-state index contributed by atoms with van der Waals surface area (Å²) in [6.45, 7) is 0.895. The molecule has 0 bridgehead atoms. The van der Waals surface area contributed by atoms with E-state index < -0.39 is 18.2 Å².